The number of nitrogens with one attached hydrogen (secondary N) is 1. The van der Waals surface area contributed by atoms with Crippen LogP contribution < -0.4 is 11.2 Å². The number of rotatable bonds is 6. The predicted octanol–water partition coefficient (Wildman–Crippen LogP) is -2.08. The number of H-pyrrole nitrogens is 1. The first kappa shape index (κ1) is 18.5. The van der Waals surface area contributed by atoms with Crippen molar-refractivity contribution in [1.82, 2.24) is 9.55 Å². The third kappa shape index (κ3) is 4.60. The van der Waals surface area contributed by atoms with Gasteiger partial charge in [-0.3, -0.25) is 23.7 Å². The molecule has 0 radical (unpaired) electrons. The van der Waals surface area contributed by atoms with Gasteiger partial charge in [0.15, 0.2) is 0 Å². The van der Waals surface area contributed by atoms with Gasteiger partial charge in [0, 0.05) is 18.2 Å². The maximum atomic E-state index is 11.8. The first-order valence-corrected chi connectivity index (χ1v) is 8.19. The molecule has 1 saturated heterocycles. The Bertz CT molecular complexity index is 780. The number of ether oxygens (including phenoxy) is 1. The number of nitrogens with zero attached hydrogens (tertiary/aromatic N) is 1. The van der Waals surface area contributed by atoms with Crippen LogP contribution in [0.15, 0.2) is 15.8 Å². The second-order valence-corrected chi connectivity index (χ2v) is 6.35. The smallest absolute Gasteiger partial charge is 0.469 e. The predicted molar refractivity (Wildman–Crippen MR) is 75.2 cm³/mol. The van der Waals surface area contributed by atoms with Gasteiger partial charge in [0.2, 0.25) is 0 Å². The van der Waals surface area contributed by atoms with Gasteiger partial charge in [-0.2, -0.15) is 0 Å². The molecule has 1 aliphatic rings. The Balaban J connectivity index is 2.20. The number of aromatic amines is 1. The SMILES string of the molecule is O=C(O)Cc1cn([C@H]2C[C@H](O)[C@@H](COP(=O)(O)O)O2)c(=O)[nH]c1=O. The Morgan fingerprint density at radius 1 is 1.46 bits per heavy atom. The Kier molecular flexibility index (Phi) is 5.38. The second-order valence-electron chi connectivity index (χ2n) is 5.11. The summed E-state index contributed by atoms with van der Waals surface area (Å²) in [5, 5.41) is 18.6. The largest absolute Gasteiger partial charge is 0.481 e. The van der Waals surface area contributed by atoms with Crippen molar-refractivity contribution in [2.45, 2.75) is 31.3 Å². The highest BCUT2D eigenvalue weighted by Crippen LogP contribution is 2.38. The van der Waals surface area contributed by atoms with Gasteiger partial charge in [0.25, 0.3) is 5.56 Å². The molecule has 24 heavy (non-hydrogen) atoms. The van der Waals surface area contributed by atoms with Crippen LogP contribution in [0.1, 0.15) is 18.2 Å². The van der Waals surface area contributed by atoms with Crippen LogP contribution in [-0.4, -0.2) is 54.3 Å². The van der Waals surface area contributed by atoms with E-state index in [-0.39, 0.29) is 12.0 Å². The highest BCUT2D eigenvalue weighted by molar-refractivity contribution is 7.46. The summed E-state index contributed by atoms with van der Waals surface area (Å²) in [6, 6.07) is 0. The van der Waals surface area contributed by atoms with Crippen LogP contribution >= 0.6 is 7.82 Å². The van der Waals surface area contributed by atoms with Gasteiger partial charge in [0.1, 0.15) is 12.3 Å². The molecular weight excluding hydrogens is 351 g/mol. The van der Waals surface area contributed by atoms with E-state index in [2.05, 4.69) is 4.52 Å². The lowest BCUT2D eigenvalue weighted by Crippen LogP contribution is -2.35. The topological polar surface area (TPSA) is 188 Å². The highest BCUT2D eigenvalue weighted by Gasteiger charge is 2.37. The summed E-state index contributed by atoms with van der Waals surface area (Å²) in [5.74, 6) is -1.27. The molecule has 12 nitrogen and oxygen atoms in total. The summed E-state index contributed by atoms with van der Waals surface area (Å²) in [6.45, 7) is -0.609. The monoisotopic (exact) mass is 366 g/mol. The van der Waals surface area contributed by atoms with E-state index < -0.39 is 56.5 Å². The number of aliphatic hydroxyl groups is 1. The fourth-order valence-electron chi connectivity index (χ4n) is 2.24. The minimum atomic E-state index is -4.75. The van der Waals surface area contributed by atoms with Gasteiger partial charge in [0.05, 0.1) is 19.1 Å². The Morgan fingerprint density at radius 3 is 2.71 bits per heavy atom. The molecule has 134 valence electrons. The van der Waals surface area contributed by atoms with Crippen molar-refractivity contribution in [3.05, 3.63) is 32.6 Å². The van der Waals surface area contributed by atoms with E-state index in [0.717, 1.165) is 10.8 Å². The molecule has 0 unspecified atom stereocenters. The molecule has 1 aliphatic heterocycles. The number of aromatic nitrogens is 2. The van der Waals surface area contributed by atoms with Gasteiger partial charge in [-0.1, -0.05) is 0 Å². The van der Waals surface area contributed by atoms with Crippen LogP contribution in [0.4, 0.5) is 0 Å². The van der Waals surface area contributed by atoms with Gasteiger partial charge in [-0.25, -0.2) is 9.36 Å². The van der Waals surface area contributed by atoms with Crippen molar-refractivity contribution in [3.63, 3.8) is 0 Å². The van der Waals surface area contributed by atoms with Crippen LogP contribution in [0.3, 0.4) is 0 Å². The maximum Gasteiger partial charge on any atom is 0.469 e. The quantitative estimate of drug-likeness (QED) is 0.349. The molecule has 2 heterocycles. The molecule has 5 N–H and O–H groups in total. The van der Waals surface area contributed by atoms with Crippen molar-refractivity contribution >= 4 is 13.8 Å². The number of aliphatic hydroxyl groups excluding tert-OH is 1. The fraction of sp³-hybridized carbons (Fsp3) is 0.545. The molecular formula is C11H15N2O10P. The number of hydrogen-bond acceptors (Lipinski definition) is 7. The first-order valence-electron chi connectivity index (χ1n) is 6.66. The third-order valence-electron chi connectivity index (χ3n) is 3.30. The molecule has 0 bridgehead atoms. The average Bonchev–Trinajstić information content (AvgIpc) is 2.79. The van der Waals surface area contributed by atoms with Crippen molar-refractivity contribution in [1.29, 1.82) is 0 Å². The van der Waals surface area contributed by atoms with Crippen LogP contribution in [0, 0.1) is 0 Å². The minimum Gasteiger partial charge on any atom is -0.481 e. The molecule has 0 aliphatic carbocycles. The van der Waals surface area contributed by atoms with Gasteiger partial charge < -0.3 is 24.7 Å². The van der Waals surface area contributed by atoms with Crippen LogP contribution in [-0.2, 0) is 25.0 Å². The molecule has 0 aromatic carbocycles. The summed E-state index contributed by atoms with van der Waals surface area (Å²) in [6.07, 6.45) is -3.06. The maximum absolute atomic E-state index is 11.8. The number of aliphatic carboxylic acids is 1. The zero-order chi connectivity index (χ0) is 18.1. The first-order chi connectivity index (χ1) is 11.1. The van der Waals surface area contributed by atoms with Crippen molar-refractivity contribution < 1.29 is 38.6 Å². The van der Waals surface area contributed by atoms with Gasteiger partial charge >= 0.3 is 19.5 Å². The lowest BCUT2D eigenvalue weighted by atomic mass is 10.2. The highest BCUT2D eigenvalue weighted by atomic mass is 31.2. The number of carbonyl (C=O) groups is 1. The molecule has 0 spiro atoms. The van der Waals surface area contributed by atoms with Crippen molar-refractivity contribution in [2.75, 3.05) is 6.61 Å². The Morgan fingerprint density at radius 2 is 2.12 bits per heavy atom. The number of phosphoric acid groups is 1. The Labute approximate surface area is 133 Å². The van der Waals surface area contributed by atoms with Crippen LogP contribution in [0.25, 0.3) is 0 Å². The van der Waals surface area contributed by atoms with Crippen molar-refractivity contribution in [2.24, 2.45) is 0 Å². The molecule has 0 amide bonds. The molecule has 13 heteroatoms. The average molecular weight is 366 g/mol. The number of carboxylic acid groups (broad SMARTS) is 1. The molecule has 2 rings (SSSR count). The standard InChI is InChI=1S/C11H15N2O10P/c14-6-2-8(23-7(6)4-22-24(19,20)21)13-3-5(1-9(15)16)10(17)12-11(13)18/h3,6-8,14H,1-2,4H2,(H,15,16)(H,12,17,18)(H2,19,20,21)/t6-,7+,8+/m0/s1. The van der Waals surface area contributed by atoms with E-state index in [1.807, 2.05) is 4.98 Å². The molecule has 1 fully saturated rings. The zero-order valence-electron chi connectivity index (χ0n) is 12.1. The van der Waals surface area contributed by atoms with Crippen LogP contribution in [0.5, 0.6) is 0 Å². The summed E-state index contributed by atoms with van der Waals surface area (Å²) in [4.78, 5) is 53.3. The van der Waals surface area contributed by atoms with E-state index >= 15 is 0 Å². The van der Waals surface area contributed by atoms with Gasteiger partial charge in [-0.05, 0) is 0 Å². The van der Waals surface area contributed by atoms with E-state index in [4.69, 9.17) is 19.6 Å². The Hall–Kier alpha value is -1.82. The number of phosphoric ester groups is 1. The van der Waals surface area contributed by atoms with Crippen LogP contribution in [0.2, 0.25) is 0 Å². The van der Waals surface area contributed by atoms with E-state index in [1.54, 1.807) is 0 Å². The van der Waals surface area contributed by atoms with E-state index in [0.29, 0.717) is 0 Å². The summed E-state index contributed by atoms with van der Waals surface area (Å²) in [5.41, 5.74) is -1.91. The van der Waals surface area contributed by atoms with Gasteiger partial charge in [-0.15, -0.1) is 0 Å². The second kappa shape index (κ2) is 6.97. The van der Waals surface area contributed by atoms with E-state index in [9.17, 15) is 24.1 Å². The fourth-order valence-corrected chi connectivity index (χ4v) is 2.58. The summed E-state index contributed by atoms with van der Waals surface area (Å²) < 4.78 is 21.1. The third-order valence-corrected chi connectivity index (χ3v) is 3.79. The summed E-state index contributed by atoms with van der Waals surface area (Å²) in [7, 11) is -4.75. The molecule has 1 aromatic rings. The lowest BCUT2D eigenvalue weighted by molar-refractivity contribution is -0.136. The number of hydrogen-bond donors (Lipinski definition) is 5. The number of carboxylic acids is 1. The molecule has 3 atom stereocenters. The zero-order valence-corrected chi connectivity index (χ0v) is 13.0. The van der Waals surface area contributed by atoms with E-state index in [1.165, 1.54) is 0 Å². The lowest BCUT2D eigenvalue weighted by Gasteiger charge is -2.16. The van der Waals surface area contributed by atoms with Crippen molar-refractivity contribution in [3.8, 4) is 0 Å². The molecule has 1 aromatic heterocycles. The normalized spacial score (nSPS) is 24.2. The molecule has 0 saturated carbocycles. The minimum absolute atomic E-state index is 0.117. The summed E-state index contributed by atoms with van der Waals surface area (Å²) >= 11 is 0.